The smallest absolute Gasteiger partial charge is 0.255 e. The molecule has 1 amide bonds. The van der Waals surface area contributed by atoms with Crippen LogP contribution < -0.4 is 10.1 Å². The number of nitrogens with one attached hydrogen (secondary N) is 1. The number of hydrogen-bond acceptors (Lipinski definition) is 5. The van der Waals surface area contributed by atoms with Crippen molar-refractivity contribution in [2.45, 2.75) is 26.7 Å². The third kappa shape index (κ3) is 4.30. The van der Waals surface area contributed by atoms with Gasteiger partial charge < -0.3 is 10.1 Å². The lowest BCUT2D eigenvalue weighted by molar-refractivity contribution is 0.102. The lowest BCUT2D eigenvalue weighted by Crippen LogP contribution is -2.11. The van der Waals surface area contributed by atoms with Crippen molar-refractivity contribution in [1.29, 1.82) is 0 Å². The molecule has 0 aliphatic heterocycles. The number of benzene rings is 2. The van der Waals surface area contributed by atoms with Crippen LogP contribution in [0.5, 0.6) is 5.75 Å². The van der Waals surface area contributed by atoms with Gasteiger partial charge in [-0.2, -0.15) is 9.61 Å². The van der Waals surface area contributed by atoms with Crippen molar-refractivity contribution in [3.8, 4) is 17.0 Å². The fourth-order valence-electron chi connectivity index (χ4n) is 3.01. The van der Waals surface area contributed by atoms with E-state index in [0.29, 0.717) is 23.5 Å². The molecule has 7 heteroatoms. The van der Waals surface area contributed by atoms with Crippen LogP contribution in [-0.4, -0.2) is 32.3 Å². The van der Waals surface area contributed by atoms with Gasteiger partial charge in [-0.25, -0.2) is 0 Å². The zero-order valence-corrected chi connectivity index (χ0v) is 17.0. The highest BCUT2D eigenvalue weighted by Crippen LogP contribution is 2.21. The molecule has 1 N–H and O–H groups in total. The summed E-state index contributed by atoms with van der Waals surface area (Å²) in [5, 5.41) is 15.6. The summed E-state index contributed by atoms with van der Waals surface area (Å²) in [6.07, 6.45) is 2.10. The van der Waals surface area contributed by atoms with Gasteiger partial charge in [0.05, 0.1) is 12.3 Å². The first-order valence-corrected chi connectivity index (χ1v) is 9.98. The molecule has 7 nitrogen and oxygen atoms in total. The van der Waals surface area contributed by atoms with E-state index >= 15 is 0 Å². The monoisotopic (exact) mass is 401 g/mol. The van der Waals surface area contributed by atoms with E-state index in [4.69, 9.17) is 4.74 Å². The number of carbonyl (C=O) groups is 1. The minimum Gasteiger partial charge on any atom is -0.494 e. The third-order valence-corrected chi connectivity index (χ3v) is 4.74. The van der Waals surface area contributed by atoms with Gasteiger partial charge >= 0.3 is 0 Å². The van der Waals surface area contributed by atoms with E-state index in [1.165, 1.54) is 0 Å². The standard InChI is InChI=1S/C23H23N5O2/c1-3-4-15-30-20-11-7-18(8-12-20)23(29)24-19-9-5-17(6-10-19)21-13-14-22-26-25-16(2)28(22)27-21/h5-14H,3-4,15H2,1-2H3,(H,24,29). The van der Waals surface area contributed by atoms with Crippen LogP contribution in [0.3, 0.4) is 0 Å². The summed E-state index contributed by atoms with van der Waals surface area (Å²) in [5.41, 5.74) is 3.76. The number of carbonyl (C=O) groups excluding carboxylic acids is 1. The first-order chi connectivity index (χ1) is 14.6. The molecule has 0 radical (unpaired) electrons. The fourth-order valence-corrected chi connectivity index (χ4v) is 3.01. The number of ether oxygens (including phenoxy) is 1. The van der Waals surface area contributed by atoms with Crippen LogP contribution in [0.15, 0.2) is 60.7 Å². The van der Waals surface area contributed by atoms with Crippen molar-refractivity contribution in [1.82, 2.24) is 19.8 Å². The van der Waals surface area contributed by atoms with Crippen molar-refractivity contribution >= 4 is 17.2 Å². The van der Waals surface area contributed by atoms with Crippen LogP contribution in [-0.2, 0) is 0 Å². The highest BCUT2D eigenvalue weighted by atomic mass is 16.5. The minimum absolute atomic E-state index is 0.164. The fraction of sp³-hybridized carbons (Fsp3) is 0.217. The van der Waals surface area contributed by atoms with E-state index in [1.54, 1.807) is 16.6 Å². The summed E-state index contributed by atoms with van der Waals surface area (Å²) in [6, 6.07) is 18.5. The Morgan fingerprint density at radius 3 is 2.50 bits per heavy atom. The highest BCUT2D eigenvalue weighted by Gasteiger charge is 2.08. The van der Waals surface area contributed by atoms with Crippen LogP contribution in [0.1, 0.15) is 35.9 Å². The van der Waals surface area contributed by atoms with Crippen molar-refractivity contribution in [3.05, 3.63) is 72.1 Å². The second-order valence-electron chi connectivity index (χ2n) is 6.99. The molecular weight excluding hydrogens is 378 g/mol. The Hall–Kier alpha value is -3.74. The first-order valence-electron chi connectivity index (χ1n) is 9.98. The summed E-state index contributed by atoms with van der Waals surface area (Å²) in [4.78, 5) is 12.5. The van der Waals surface area contributed by atoms with Gasteiger partial charge in [0.1, 0.15) is 5.75 Å². The molecule has 0 fully saturated rings. The second-order valence-corrected chi connectivity index (χ2v) is 6.99. The molecular formula is C23H23N5O2. The van der Waals surface area contributed by atoms with Crippen LogP contribution in [0.25, 0.3) is 16.9 Å². The number of aromatic nitrogens is 4. The molecule has 30 heavy (non-hydrogen) atoms. The zero-order chi connectivity index (χ0) is 20.9. The van der Waals surface area contributed by atoms with Gasteiger partial charge in [-0.15, -0.1) is 10.2 Å². The van der Waals surface area contributed by atoms with E-state index in [0.717, 1.165) is 35.7 Å². The Labute approximate surface area is 174 Å². The molecule has 2 aromatic carbocycles. The molecule has 0 spiro atoms. The van der Waals surface area contributed by atoms with Gasteiger partial charge in [-0.05, 0) is 61.9 Å². The summed E-state index contributed by atoms with van der Waals surface area (Å²) in [5.74, 6) is 1.34. The number of anilines is 1. The summed E-state index contributed by atoms with van der Waals surface area (Å²) in [6.45, 7) is 4.67. The van der Waals surface area contributed by atoms with E-state index in [1.807, 2.05) is 55.5 Å². The molecule has 0 aliphatic rings. The van der Waals surface area contributed by atoms with Gasteiger partial charge in [0.2, 0.25) is 0 Å². The van der Waals surface area contributed by atoms with Crippen LogP contribution in [0, 0.1) is 6.92 Å². The molecule has 0 bridgehead atoms. The summed E-state index contributed by atoms with van der Waals surface area (Å²) in [7, 11) is 0. The van der Waals surface area contributed by atoms with Crippen LogP contribution in [0.2, 0.25) is 0 Å². The van der Waals surface area contributed by atoms with Gasteiger partial charge in [0.15, 0.2) is 11.5 Å². The van der Waals surface area contributed by atoms with Crippen molar-refractivity contribution in [2.24, 2.45) is 0 Å². The molecule has 0 atom stereocenters. The average molecular weight is 401 g/mol. The lowest BCUT2D eigenvalue weighted by atomic mass is 10.1. The number of aryl methyl sites for hydroxylation is 1. The largest absolute Gasteiger partial charge is 0.494 e. The van der Waals surface area contributed by atoms with Crippen molar-refractivity contribution in [2.75, 3.05) is 11.9 Å². The maximum atomic E-state index is 12.5. The Morgan fingerprint density at radius 2 is 1.77 bits per heavy atom. The number of fused-ring (bicyclic) bond motifs is 1. The average Bonchev–Trinajstić information content (AvgIpc) is 3.15. The molecule has 2 heterocycles. The molecule has 4 aromatic rings. The third-order valence-electron chi connectivity index (χ3n) is 4.74. The summed E-state index contributed by atoms with van der Waals surface area (Å²) >= 11 is 0. The van der Waals surface area contributed by atoms with Gasteiger partial charge in [0, 0.05) is 16.8 Å². The quantitative estimate of drug-likeness (QED) is 0.460. The van der Waals surface area contributed by atoms with E-state index in [-0.39, 0.29) is 5.91 Å². The van der Waals surface area contributed by atoms with Crippen molar-refractivity contribution in [3.63, 3.8) is 0 Å². The van der Waals surface area contributed by atoms with Crippen LogP contribution in [0.4, 0.5) is 5.69 Å². The summed E-state index contributed by atoms with van der Waals surface area (Å²) < 4.78 is 7.35. The number of nitrogens with zero attached hydrogens (tertiary/aromatic N) is 4. The molecule has 4 rings (SSSR count). The highest BCUT2D eigenvalue weighted by molar-refractivity contribution is 6.04. The minimum atomic E-state index is -0.164. The Kier molecular flexibility index (Phi) is 5.70. The molecule has 0 unspecified atom stereocenters. The van der Waals surface area contributed by atoms with Gasteiger partial charge in [0.25, 0.3) is 5.91 Å². The Balaban J connectivity index is 1.42. The number of rotatable bonds is 7. The van der Waals surface area contributed by atoms with Crippen molar-refractivity contribution < 1.29 is 9.53 Å². The second kappa shape index (κ2) is 8.73. The topological polar surface area (TPSA) is 81.4 Å². The molecule has 0 saturated heterocycles. The number of hydrogen-bond donors (Lipinski definition) is 1. The Bertz CT molecular complexity index is 1150. The maximum Gasteiger partial charge on any atom is 0.255 e. The maximum absolute atomic E-state index is 12.5. The normalized spacial score (nSPS) is 10.9. The molecule has 152 valence electrons. The van der Waals surface area contributed by atoms with E-state index in [9.17, 15) is 4.79 Å². The number of amides is 1. The van der Waals surface area contributed by atoms with Gasteiger partial charge in [-0.3, -0.25) is 4.79 Å². The predicted octanol–water partition coefficient (Wildman–Crippen LogP) is 4.53. The van der Waals surface area contributed by atoms with Gasteiger partial charge in [-0.1, -0.05) is 25.5 Å². The van der Waals surface area contributed by atoms with Crippen LogP contribution >= 0.6 is 0 Å². The van der Waals surface area contributed by atoms with E-state index < -0.39 is 0 Å². The lowest BCUT2D eigenvalue weighted by Gasteiger charge is -2.08. The molecule has 0 aliphatic carbocycles. The number of unbranched alkanes of at least 4 members (excludes halogenated alkanes) is 1. The molecule has 0 saturated carbocycles. The first kappa shape index (κ1) is 19.6. The molecule has 2 aromatic heterocycles. The predicted molar refractivity (Wildman–Crippen MR) is 116 cm³/mol. The van der Waals surface area contributed by atoms with E-state index in [2.05, 4.69) is 27.5 Å². The Morgan fingerprint density at radius 1 is 1.00 bits per heavy atom. The zero-order valence-electron chi connectivity index (χ0n) is 17.0. The SMILES string of the molecule is CCCCOc1ccc(C(=O)Nc2ccc(-c3ccc4nnc(C)n4n3)cc2)cc1.